The fourth-order valence-corrected chi connectivity index (χ4v) is 3.80. The Bertz CT molecular complexity index is 855. The maximum Gasteiger partial charge on any atom is 0.242 e. The van der Waals surface area contributed by atoms with Crippen LogP contribution in [0.1, 0.15) is 23.6 Å². The van der Waals surface area contributed by atoms with Crippen molar-refractivity contribution in [2.24, 2.45) is 0 Å². The van der Waals surface area contributed by atoms with E-state index < -0.39 is 0 Å². The molecule has 1 heterocycles. The molecule has 162 valence electrons. The monoisotopic (exact) mass is 412 g/mol. The summed E-state index contributed by atoms with van der Waals surface area (Å²) in [6.45, 7) is 6.94. The first-order chi connectivity index (χ1) is 14.5. The minimum atomic E-state index is -0.273. The van der Waals surface area contributed by atoms with E-state index in [2.05, 4.69) is 29.3 Å². The highest BCUT2D eigenvalue weighted by atomic mass is 19.1. The summed E-state index contributed by atoms with van der Waals surface area (Å²) in [5.41, 5.74) is 4.21. The van der Waals surface area contributed by atoms with E-state index in [9.17, 15) is 9.18 Å². The molecule has 5 nitrogen and oxygen atoms in total. The number of hydrogen-bond acceptors (Lipinski definition) is 4. The fourth-order valence-electron chi connectivity index (χ4n) is 3.80. The molecule has 0 fully saturated rings. The van der Waals surface area contributed by atoms with Crippen molar-refractivity contribution in [3.05, 3.63) is 65.0 Å². The summed E-state index contributed by atoms with van der Waals surface area (Å²) in [6.07, 6.45) is 1.04. The summed E-state index contributed by atoms with van der Waals surface area (Å²) in [6, 6.07) is 12.9. The second kappa shape index (κ2) is 10.5. The van der Waals surface area contributed by atoms with Crippen LogP contribution in [-0.2, 0) is 24.3 Å². The number of hydrogen-bond donors (Lipinski definition) is 1. The van der Waals surface area contributed by atoms with Crippen molar-refractivity contribution < 1.29 is 9.18 Å². The van der Waals surface area contributed by atoms with Gasteiger partial charge in [-0.2, -0.15) is 0 Å². The molecule has 0 aromatic heterocycles. The molecule has 2 aromatic rings. The summed E-state index contributed by atoms with van der Waals surface area (Å²) < 4.78 is 14.2. The van der Waals surface area contributed by atoms with Crippen molar-refractivity contribution in [2.75, 3.05) is 52.1 Å². The van der Waals surface area contributed by atoms with Gasteiger partial charge in [-0.15, -0.1) is 0 Å². The van der Waals surface area contributed by atoms with Crippen molar-refractivity contribution in [3.8, 4) is 0 Å². The molecule has 2 aromatic carbocycles. The predicted molar refractivity (Wildman–Crippen MR) is 120 cm³/mol. The third-order valence-electron chi connectivity index (χ3n) is 5.72. The molecule has 0 radical (unpaired) electrons. The Labute approximate surface area is 179 Å². The van der Waals surface area contributed by atoms with Crippen LogP contribution in [0.15, 0.2) is 42.5 Å². The SMILES string of the molecule is CCN1CCc2cccc(NCC(=O)N(CCN(C)C)Cc3ccccc3F)c2C1. The van der Waals surface area contributed by atoms with Gasteiger partial charge in [-0.1, -0.05) is 37.3 Å². The van der Waals surface area contributed by atoms with Crippen LogP contribution in [0.25, 0.3) is 0 Å². The number of nitrogens with zero attached hydrogens (tertiary/aromatic N) is 3. The quantitative estimate of drug-likeness (QED) is 0.687. The van der Waals surface area contributed by atoms with Crippen molar-refractivity contribution in [1.82, 2.24) is 14.7 Å². The molecule has 0 saturated carbocycles. The van der Waals surface area contributed by atoms with Gasteiger partial charge in [0.15, 0.2) is 0 Å². The molecule has 0 bridgehead atoms. The van der Waals surface area contributed by atoms with E-state index in [0.29, 0.717) is 12.1 Å². The Kier molecular flexibility index (Phi) is 7.82. The van der Waals surface area contributed by atoms with Gasteiger partial charge in [0.05, 0.1) is 6.54 Å². The molecule has 0 aliphatic carbocycles. The van der Waals surface area contributed by atoms with Crippen molar-refractivity contribution in [1.29, 1.82) is 0 Å². The molecule has 1 N–H and O–H groups in total. The van der Waals surface area contributed by atoms with Gasteiger partial charge in [-0.25, -0.2) is 4.39 Å². The van der Waals surface area contributed by atoms with Crippen molar-refractivity contribution in [2.45, 2.75) is 26.4 Å². The van der Waals surface area contributed by atoms with Gasteiger partial charge in [-0.05, 0) is 50.3 Å². The average Bonchev–Trinajstić information content (AvgIpc) is 2.75. The Balaban J connectivity index is 1.69. The van der Waals surface area contributed by atoms with Crippen molar-refractivity contribution >= 4 is 11.6 Å². The molecule has 1 amide bonds. The number of rotatable bonds is 9. The summed E-state index contributed by atoms with van der Waals surface area (Å²) >= 11 is 0. The van der Waals surface area contributed by atoms with Gasteiger partial charge in [0, 0.05) is 44.0 Å². The summed E-state index contributed by atoms with van der Waals surface area (Å²) in [7, 11) is 3.94. The molecular formula is C24H33FN4O. The number of carbonyl (C=O) groups is 1. The minimum Gasteiger partial charge on any atom is -0.376 e. The third kappa shape index (κ3) is 5.80. The van der Waals surface area contributed by atoms with Gasteiger partial charge in [0.25, 0.3) is 0 Å². The second-order valence-corrected chi connectivity index (χ2v) is 8.13. The Morgan fingerprint density at radius 1 is 1.13 bits per heavy atom. The Morgan fingerprint density at radius 2 is 1.93 bits per heavy atom. The molecule has 0 unspecified atom stereocenters. The van der Waals surface area contributed by atoms with Crippen LogP contribution in [0.4, 0.5) is 10.1 Å². The first kappa shape index (κ1) is 22.2. The number of fused-ring (bicyclic) bond motifs is 1. The topological polar surface area (TPSA) is 38.8 Å². The van der Waals surface area contributed by atoms with E-state index in [-0.39, 0.29) is 24.8 Å². The zero-order valence-corrected chi connectivity index (χ0v) is 18.3. The number of likely N-dealkylation sites (N-methyl/N-ethyl adjacent to an activating group) is 2. The van der Waals surface area contributed by atoms with Gasteiger partial charge in [0.2, 0.25) is 5.91 Å². The number of benzene rings is 2. The highest BCUT2D eigenvalue weighted by molar-refractivity contribution is 5.81. The maximum absolute atomic E-state index is 14.2. The van der Waals surface area contributed by atoms with E-state index >= 15 is 0 Å². The van der Waals surface area contributed by atoms with Crippen molar-refractivity contribution in [3.63, 3.8) is 0 Å². The lowest BCUT2D eigenvalue weighted by atomic mass is 9.98. The van der Waals surface area contributed by atoms with Crippen LogP contribution in [-0.4, -0.2) is 67.4 Å². The normalized spacial score (nSPS) is 13.9. The van der Waals surface area contributed by atoms with Gasteiger partial charge in [0.1, 0.15) is 5.82 Å². The van der Waals surface area contributed by atoms with Crippen LogP contribution >= 0.6 is 0 Å². The lowest BCUT2D eigenvalue weighted by molar-refractivity contribution is -0.130. The molecule has 1 aliphatic heterocycles. The molecule has 3 rings (SSSR count). The zero-order chi connectivity index (χ0) is 21.5. The summed E-state index contributed by atoms with van der Waals surface area (Å²) in [5, 5.41) is 3.36. The fraction of sp³-hybridized carbons (Fsp3) is 0.458. The molecule has 1 aliphatic rings. The largest absolute Gasteiger partial charge is 0.376 e. The highest BCUT2D eigenvalue weighted by Gasteiger charge is 2.20. The van der Waals surface area contributed by atoms with Crippen LogP contribution in [0.3, 0.4) is 0 Å². The van der Waals surface area contributed by atoms with E-state index in [0.717, 1.165) is 38.3 Å². The number of nitrogens with one attached hydrogen (secondary N) is 1. The minimum absolute atomic E-state index is 0.0270. The van der Waals surface area contributed by atoms with Crippen LogP contribution < -0.4 is 5.32 Å². The lowest BCUT2D eigenvalue weighted by Crippen LogP contribution is -2.39. The number of amides is 1. The van der Waals surface area contributed by atoms with Crippen LogP contribution in [0.2, 0.25) is 0 Å². The molecular weight excluding hydrogens is 379 g/mol. The van der Waals surface area contributed by atoms with E-state index in [4.69, 9.17) is 0 Å². The second-order valence-electron chi connectivity index (χ2n) is 8.13. The summed E-state index contributed by atoms with van der Waals surface area (Å²) in [4.78, 5) is 19.2. The lowest BCUT2D eigenvalue weighted by Gasteiger charge is -2.30. The highest BCUT2D eigenvalue weighted by Crippen LogP contribution is 2.26. The molecule has 0 saturated heterocycles. The zero-order valence-electron chi connectivity index (χ0n) is 18.3. The maximum atomic E-state index is 14.2. The van der Waals surface area contributed by atoms with E-state index in [1.54, 1.807) is 23.1 Å². The first-order valence-corrected chi connectivity index (χ1v) is 10.7. The molecule has 6 heteroatoms. The van der Waals surface area contributed by atoms with Crippen LogP contribution in [0.5, 0.6) is 0 Å². The van der Waals surface area contributed by atoms with Gasteiger partial charge in [-0.3, -0.25) is 9.69 Å². The first-order valence-electron chi connectivity index (χ1n) is 10.7. The number of carbonyl (C=O) groups excluding carboxylic acids is 1. The van der Waals surface area contributed by atoms with Gasteiger partial charge < -0.3 is 15.1 Å². The molecule has 0 atom stereocenters. The Morgan fingerprint density at radius 3 is 2.67 bits per heavy atom. The number of anilines is 1. The Hall–Kier alpha value is -2.44. The summed E-state index contributed by atoms with van der Waals surface area (Å²) in [5.74, 6) is -0.300. The standard InChI is InChI=1S/C24H33FN4O/c1-4-28-13-12-19-9-7-11-23(21(19)18-28)26-16-24(30)29(15-14-27(2)3)17-20-8-5-6-10-22(20)25/h5-11,26H,4,12-18H2,1-3H3. The molecule has 0 spiro atoms. The van der Waals surface area contributed by atoms with Gasteiger partial charge >= 0.3 is 0 Å². The molecule has 30 heavy (non-hydrogen) atoms. The predicted octanol–water partition coefficient (Wildman–Crippen LogP) is 3.21. The number of halogens is 1. The van der Waals surface area contributed by atoms with E-state index in [1.165, 1.54) is 17.2 Å². The third-order valence-corrected chi connectivity index (χ3v) is 5.72. The average molecular weight is 413 g/mol. The van der Waals surface area contributed by atoms with E-state index in [1.807, 2.05) is 25.1 Å². The van der Waals surface area contributed by atoms with Crippen LogP contribution in [0, 0.1) is 5.82 Å². The smallest absolute Gasteiger partial charge is 0.242 e.